The zero-order valence-corrected chi connectivity index (χ0v) is 3.34. The van der Waals surface area contributed by atoms with Gasteiger partial charge in [-0.25, -0.2) is 14.9 Å². The van der Waals surface area contributed by atoms with Gasteiger partial charge in [-0.1, -0.05) is 0 Å². The van der Waals surface area contributed by atoms with Gasteiger partial charge in [0.2, 0.25) is 0 Å². The van der Waals surface area contributed by atoms with Crippen LogP contribution in [-0.2, 0) is 0 Å². The maximum Gasteiger partial charge on any atom is 0.412 e. The van der Waals surface area contributed by atoms with E-state index in [1.54, 1.807) is 0 Å². The van der Waals surface area contributed by atoms with Crippen LogP contribution >= 0.6 is 0 Å². The summed E-state index contributed by atoms with van der Waals surface area (Å²) in [6, 6.07) is -1.06. The highest BCUT2D eigenvalue weighted by atomic mass is 28.1. The lowest BCUT2D eigenvalue weighted by Gasteiger charge is -1.86. The summed E-state index contributed by atoms with van der Waals surface area (Å²) in [6.45, 7) is 0. The summed E-state index contributed by atoms with van der Waals surface area (Å²) in [5.41, 5.74) is 4.36. The number of primary amides is 1. The molecule has 0 aromatic rings. The highest BCUT2D eigenvalue weighted by molar-refractivity contribution is 5.88. The van der Waals surface area contributed by atoms with E-state index in [4.69, 9.17) is 5.11 Å². The molecule has 0 aliphatic carbocycles. The Morgan fingerprint density at radius 3 is 1.88 bits per heavy atom. The molecule has 5 nitrogen and oxygen atoms in total. The van der Waals surface area contributed by atoms with Gasteiger partial charge < -0.3 is 10.8 Å². The Bertz CT molecular complexity index is 91.5. The first-order chi connectivity index (χ1) is 3.13. The van der Waals surface area contributed by atoms with Crippen molar-refractivity contribution in [2.24, 2.45) is 5.73 Å². The molecule has 8 heavy (non-hydrogen) atoms. The van der Waals surface area contributed by atoms with Gasteiger partial charge in [0.05, 0.1) is 0 Å². The van der Waals surface area contributed by atoms with Crippen molar-refractivity contribution in [1.29, 1.82) is 0 Å². The molecule has 0 saturated heterocycles. The normalized spacial score (nSPS) is 6.50. The third kappa shape index (κ3) is 8.88. The van der Waals surface area contributed by atoms with E-state index in [0.29, 0.717) is 0 Å². The van der Waals surface area contributed by atoms with Gasteiger partial charge >= 0.3 is 12.1 Å². The Balaban J connectivity index is 0. The number of carbonyl (C=O) groups excluding carboxylic acids is 1. The van der Waals surface area contributed by atoms with Crippen LogP contribution in [0, 0.1) is 0 Å². The van der Waals surface area contributed by atoms with Gasteiger partial charge in [0.1, 0.15) is 0 Å². The number of amides is 3. The highest BCUT2D eigenvalue weighted by Gasteiger charge is 1.94. The van der Waals surface area contributed by atoms with Crippen LogP contribution in [0.3, 0.4) is 0 Å². The fourth-order valence-electron chi connectivity index (χ4n) is 0.105. The number of imide groups is 1. The first-order valence-electron chi connectivity index (χ1n) is 1.42. The van der Waals surface area contributed by atoms with Crippen LogP contribution in [-0.4, -0.2) is 28.2 Å². The van der Waals surface area contributed by atoms with Crippen LogP contribution in [0.4, 0.5) is 9.59 Å². The molecule has 6 heteroatoms. The number of rotatable bonds is 0. The summed E-state index contributed by atoms with van der Waals surface area (Å²) >= 11 is 0. The Morgan fingerprint density at radius 2 is 1.88 bits per heavy atom. The summed E-state index contributed by atoms with van der Waals surface area (Å²) in [6.07, 6.45) is -1.44. The lowest BCUT2D eigenvalue weighted by atomic mass is 11.0. The van der Waals surface area contributed by atoms with Crippen molar-refractivity contribution < 1.29 is 14.7 Å². The topological polar surface area (TPSA) is 92.4 Å². The molecular weight excluding hydrogens is 128 g/mol. The van der Waals surface area contributed by atoms with Gasteiger partial charge in [0, 0.05) is 0 Å². The molecule has 0 aromatic heterocycles. The zero-order chi connectivity index (χ0) is 5.86. The molecule has 0 radical (unpaired) electrons. The zero-order valence-electron chi connectivity index (χ0n) is 3.34. The molecule has 0 rings (SSSR count). The van der Waals surface area contributed by atoms with Crippen LogP contribution in [0.5, 0.6) is 0 Å². The van der Waals surface area contributed by atoms with Crippen LogP contribution in [0.15, 0.2) is 0 Å². The molecule has 48 valence electrons. The minimum absolute atomic E-state index is 0. The van der Waals surface area contributed by atoms with Crippen LogP contribution in [0.1, 0.15) is 0 Å². The monoisotopic (exact) mass is 136 g/mol. The van der Waals surface area contributed by atoms with E-state index in [1.807, 2.05) is 0 Å². The van der Waals surface area contributed by atoms with Gasteiger partial charge in [-0.2, -0.15) is 0 Å². The summed E-state index contributed by atoms with van der Waals surface area (Å²) in [7, 11) is 0. The Morgan fingerprint density at radius 1 is 1.50 bits per heavy atom. The summed E-state index contributed by atoms with van der Waals surface area (Å²) in [4.78, 5) is 18.9. The molecule has 4 N–H and O–H groups in total. The number of hydrogen-bond acceptors (Lipinski definition) is 2. The van der Waals surface area contributed by atoms with Crippen LogP contribution < -0.4 is 11.1 Å². The van der Waals surface area contributed by atoms with Crippen molar-refractivity contribution in [2.75, 3.05) is 0 Å². The molecule has 0 aliphatic heterocycles. The van der Waals surface area contributed by atoms with Gasteiger partial charge in [0.15, 0.2) is 0 Å². The second-order valence-electron chi connectivity index (χ2n) is 0.794. The first kappa shape index (κ1) is 10.0. The fraction of sp³-hybridized carbons (Fsp3) is 0. The second-order valence-corrected chi connectivity index (χ2v) is 0.794. The molecule has 3 amide bonds. The molecule has 0 heterocycles. The molecule has 0 fully saturated rings. The van der Waals surface area contributed by atoms with E-state index >= 15 is 0 Å². The Kier molecular flexibility index (Phi) is 5.18. The largest absolute Gasteiger partial charge is 0.465 e. The standard InChI is InChI=1S/C2H4N2O3.H4Si/c3-1(5)4-2(6)7;/h(H,6,7)(H3,3,4,5);1H4. The van der Waals surface area contributed by atoms with Crippen LogP contribution in [0.2, 0.25) is 0 Å². The molecule has 0 spiro atoms. The maximum atomic E-state index is 9.54. The minimum Gasteiger partial charge on any atom is -0.465 e. The SMILES string of the molecule is NC(=O)NC(=O)O.[SiH4]. The van der Waals surface area contributed by atoms with Gasteiger partial charge in [-0.05, 0) is 11.0 Å². The number of hydrogen-bond donors (Lipinski definition) is 3. The molecule has 0 aromatic carbocycles. The molecule has 0 saturated carbocycles. The number of nitrogens with two attached hydrogens (primary N) is 1. The summed E-state index contributed by atoms with van der Waals surface area (Å²) < 4.78 is 0. The van der Waals surface area contributed by atoms with E-state index in [1.165, 1.54) is 5.32 Å². The predicted molar refractivity (Wildman–Crippen MR) is 32.1 cm³/mol. The number of carbonyl (C=O) groups is 2. The molecule has 0 atom stereocenters. The summed E-state index contributed by atoms with van der Waals surface area (Å²) in [5, 5.41) is 9.03. The predicted octanol–water partition coefficient (Wildman–Crippen LogP) is -2.12. The van der Waals surface area contributed by atoms with E-state index in [9.17, 15) is 9.59 Å². The van der Waals surface area contributed by atoms with Crippen molar-refractivity contribution in [3.63, 3.8) is 0 Å². The second kappa shape index (κ2) is 4.12. The third-order valence-corrected chi connectivity index (χ3v) is 0.230. The third-order valence-electron chi connectivity index (χ3n) is 0.230. The number of carboxylic acid groups (broad SMARTS) is 1. The molecule has 0 aliphatic rings. The fourth-order valence-corrected chi connectivity index (χ4v) is 0.105. The number of nitrogens with one attached hydrogen (secondary N) is 1. The lowest BCUT2D eigenvalue weighted by Crippen LogP contribution is -2.33. The van der Waals surface area contributed by atoms with Crippen molar-refractivity contribution in [3.8, 4) is 0 Å². The van der Waals surface area contributed by atoms with Crippen molar-refractivity contribution >= 4 is 23.1 Å². The van der Waals surface area contributed by atoms with E-state index in [0.717, 1.165) is 0 Å². The highest BCUT2D eigenvalue weighted by Crippen LogP contribution is 1.55. The maximum absolute atomic E-state index is 9.54. The van der Waals surface area contributed by atoms with Gasteiger partial charge in [0.25, 0.3) is 0 Å². The first-order valence-corrected chi connectivity index (χ1v) is 1.42. The molecule has 0 unspecified atom stereocenters. The number of urea groups is 1. The van der Waals surface area contributed by atoms with Crippen molar-refractivity contribution in [3.05, 3.63) is 0 Å². The minimum atomic E-state index is -1.44. The van der Waals surface area contributed by atoms with Gasteiger partial charge in [-0.15, -0.1) is 0 Å². The van der Waals surface area contributed by atoms with Crippen molar-refractivity contribution in [2.45, 2.75) is 0 Å². The average molecular weight is 136 g/mol. The quantitative estimate of drug-likeness (QED) is 0.332. The van der Waals surface area contributed by atoms with E-state index < -0.39 is 12.1 Å². The Labute approximate surface area is 49.9 Å². The Hall–Kier alpha value is -1.04. The smallest absolute Gasteiger partial charge is 0.412 e. The molecule has 0 bridgehead atoms. The van der Waals surface area contributed by atoms with Gasteiger partial charge in [-0.3, -0.25) is 0 Å². The van der Waals surface area contributed by atoms with Crippen molar-refractivity contribution in [1.82, 2.24) is 5.32 Å². The molecular formula is C2H8N2O3Si. The van der Waals surface area contributed by atoms with E-state index in [2.05, 4.69) is 5.73 Å². The summed E-state index contributed by atoms with van der Waals surface area (Å²) in [5.74, 6) is 0. The van der Waals surface area contributed by atoms with E-state index in [-0.39, 0.29) is 11.0 Å². The van der Waals surface area contributed by atoms with Crippen LogP contribution in [0.25, 0.3) is 0 Å². The lowest BCUT2D eigenvalue weighted by molar-refractivity contribution is 0.193. The average Bonchev–Trinajstić information content (AvgIpc) is 1.27.